The summed E-state index contributed by atoms with van der Waals surface area (Å²) < 4.78 is 5.55. The highest BCUT2D eigenvalue weighted by Gasteiger charge is 2.12. The molecule has 0 aliphatic rings. The summed E-state index contributed by atoms with van der Waals surface area (Å²) in [6.07, 6.45) is 0. The van der Waals surface area contributed by atoms with Crippen LogP contribution in [-0.4, -0.2) is 0 Å². The quantitative estimate of drug-likeness (QED) is 0.892. The molecule has 2 heterocycles. The summed E-state index contributed by atoms with van der Waals surface area (Å²) in [5.74, 6) is 2.00. The first-order valence-corrected chi connectivity index (χ1v) is 6.73. The molecule has 1 atom stereocenters. The molecule has 1 N–H and O–H groups in total. The largest absolute Gasteiger partial charge is 0.466 e. The number of hydrogen-bond donors (Lipinski definition) is 1. The third-order valence-corrected chi connectivity index (χ3v) is 3.93. The fourth-order valence-electron chi connectivity index (χ4n) is 2.02. The smallest absolute Gasteiger partial charge is 0.105 e. The van der Waals surface area contributed by atoms with E-state index in [-0.39, 0.29) is 12.4 Å². The van der Waals surface area contributed by atoms with Crippen LogP contribution in [0.4, 0.5) is 0 Å². The van der Waals surface area contributed by atoms with Gasteiger partial charge in [0.2, 0.25) is 0 Å². The molecule has 0 aliphatic heterocycles. The Morgan fingerprint density at radius 1 is 1.28 bits per heavy atom. The Morgan fingerprint density at radius 2 is 2.00 bits per heavy atom. The predicted molar refractivity (Wildman–Crippen MR) is 79.7 cm³/mol. The zero-order valence-electron chi connectivity index (χ0n) is 11.2. The van der Waals surface area contributed by atoms with Crippen LogP contribution in [0.25, 0.3) is 0 Å². The van der Waals surface area contributed by atoms with Crippen LogP contribution in [0, 0.1) is 20.8 Å². The lowest BCUT2D eigenvalue weighted by atomic mass is 10.1. The van der Waals surface area contributed by atoms with Gasteiger partial charge in [-0.1, -0.05) is 0 Å². The highest BCUT2D eigenvalue weighted by Crippen LogP contribution is 2.22. The molecule has 0 fully saturated rings. The summed E-state index contributed by atoms with van der Waals surface area (Å²) in [6, 6.07) is 6.80. The number of aryl methyl sites for hydroxylation is 3. The Balaban J connectivity index is 0.00000162. The van der Waals surface area contributed by atoms with Crippen molar-refractivity contribution in [2.45, 2.75) is 40.3 Å². The summed E-state index contributed by atoms with van der Waals surface area (Å²) in [5, 5.41) is 3.53. The van der Waals surface area contributed by atoms with Gasteiger partial charge in [0.15, 0.2) is 0 Å². The summed E-state index contributed by atoms with van der Waals surface area (Å²) in [6.45, 7) is 9.25. The van der Waals surface area contributed by atoms with Crippen LogP contribution in [0.15, 0.2) is 22.6 Å². The fraction of sp³-hybridized carbons (Fsp3) is 0.429. The maximum Gasteiger partial charge on any atom is 0.105 e. The summed E-state index contributed by atoms with van der Waals surface area (Å²) in [5.41, 5.74) is 1.26. The number of hydrogen-bond acceptors (Lipinski definition) is 3. The Morgan fingerprint density at radius 3 is 2.50 bits per heavy atom. The van der Waals surface area contributed by atoms with E-state index in [1.54, 1.807) is 0 Å². The molecular formula is C14H20ClNOS. The van der Waals surface area contributed by atoms with Gasteiger partial charge in [-0.2, -0.15) is 0 Å². The van der Waals surface area contributed by atoms with E-state index in [0.717, 1.165) is 18.1 Å². The maximum atomic E-state index is 5.55. The SMILES string of the molecule is Cc1cc(C(C)NCc2ccc(C)s2)c(C)o1.Cl. The van der Waals surface area contributed by atoms with E-state index in [4.69, 9.17) is 4.42 Å². The van der Waals surface area contributed by atoms with Crippen LogP contribution in [0.2, 0.25) is 0 Å². The van der Waals surface area contributed by atoms with Gasteiger partial charge < -0.3 is 9.73 Å². The molecule has 18 heavy (non-hydrogen) atoms. The van der Waals surface area contributed by atoms with Crippen LogP contribution in [0.3, 0.4) is 0 Å². The molecule has 4 heteroatoms. The van der Waals surface area contributed by atoms with Crippen molar-refractivity contribution in [3.8, 4) is 0 Å². The zero-order chi connectivity index (χ0) is 12.4. The van der Waals surface area contributed by atoms with Crippen molar-refractivity contribution in [1.82, 2.24) is 5.32 Å². The van der Waals surface area contributed by atoms with Crippen molar-refractivity contribution in [2.75, 3.05) is 0 Å². The van der Waals surface area contributed by atoms with Gasteiger partial charge in [0.05, 0.1) is 0 Å². The molecule has 0 aliphatic carbocycles. The molecule has 0 amide bonds. The number of halogens is 1. The Hall–Kier alpha value is -0.770. The van der Waals surface area contributed by atoms with Gasteiger partial charge in [0, 0.05) is 27.9 Å². The van der Waals surface area contributed by atoms with Crippen LogP contribution in [0.1, 0.15) is 39.8 Å². The molecule has 2 aromatic rings. The van der Waals surface area contributed by atoms with Crippen LogP contribution >= 0.6 is 23.7 Å². The van der Waals surface area contributed by atoms with Crippen molar-refractivity contribution in [1.29, 1.82) is 0 Å². The van der Waals surface area contributed by atoms with E-state index in [1.165, 1.54) is 15.3 Å². The van der Waals surface area contributed by atoms with E-state index in [2.05, 4.69) is 37.4 Å². The number of furan rings is 1. The molecule has 1 unspecified atom stereocenters. The van der Waals surface area contributed by atoms with Crippen molar-refractivity contribution in [2.24, 2.45) is 0 Å². The minimum atomic E-state index is 0. The summed E-state index contributed by atoms with van der Waals surface area (Å²) in [7, 11) is 0. The van der Waals surface area contributed by atoms with Gasteiger partial charge in [0.25, 0.3) is 0 Å². The van der Waals surface area contributed by atoms with Gasteiger partial charge in [0.1, 0.15) is 11.5 Å². The van der Waals surface area contributed by atoms with E-state index in [1.807, 2.05) is 25.2 Å². The number of nitrogens with one attached hydrogen (secondary N) is 1. The normalized spacial score (nSPS) is 12.2. The molecule has 0 radical (unpaired) electrons. The fourth-order valence-corrected chi connectivity index (χ4v) is 2.87. The Bertz CT molecular complexity index is 504. The van der Waals surface area contributed by atoms with Gasteiger partial charge in [-0.05, 0) is 45.9 Å². The highest BCUT2D eigenvalue weighted by atomic mass is 35.5. The third kappa shape index (κ3) is 3.61. The molecule has 0 spiro atoms. The Kier molecular flexibility index (Phi) is 5.45. The van der Waals surface area contributed by atoms with Gasteiger partial charge >= 0.3 is 0 Å². The van der Waals surface area contributed by atoms with Crippen LogP contribution in [-0.2, 0) is 6.54 Å². The summed E-state index contributed by atoms with van der Waals surface area (Å²) in [4.78, 5) is 2.75. The first-order valence-electron chi connectivity index (χ1n) is 5.92. The van der Waals surface area contributed by atoms with E-state index >= 15 is 0 Å². The van der Waals surface area contributed by atoms with Crippen molar-refractivity contribution >= 4 is 23.7 Å². The van der Waals surface area contributed by atoms with Crippen LogP contribution < -0.4 is 5.32 Å². The molecule has 2 rings (SSSR count). The van der Waals surface area contributed by atoms with Crippen molar-refractivity contribution in [3.63, 3.8) is 0 Å². The molecule has 100 valence electrons. The zero-order valence-corrected chi connectivity index (χ0v) is 12.9. The second-order valence-corrected chi connectivity index (χ2v) is 5.86. The van der Waals surface area contributed by atoms with E-state index in [9.17, 15) is 0 Å². The average molecular weight is 286 g/mol. The molecule has 0 saturated carbocycles. The van der Waals surface area contributed by atoms with Gasteiger partial charge in [-0.25, -0.2) is 0 Å². The molecule has 0 saturated heterocycles. The molecular weight excluding hydrogens is 266 g/mol. The van der Waals surface area contributed by atoms with Gasteiger partial charge in [-0.3, -0.25) is 0 Å². The minimum Gasteiger partial charge on any atom is -0.466 e. The summed E-state index contributed by atoms with van der Waals surface area (Å²) >= 11 is 1.85. The van der Waals surface area contributed by atoms with Crippen LogP contribution in [0.5, 0.6) is 0 Å². The number of thiophene rings is 1. The standard InChI is InChI=1S/C14H19NOS.ClH/c1-9-7-14(12(4)16-9)11(3)15-8-13-6-5-10(2)17-13;/h5-7,11,15H,8H2,1-4H3;1H. The first-order chi connectivity index (χ1) is 8.06. The highest BCUT2D eigenvalue weighted by molar-refractivity contribution is 7.11. The second-order valence-electron chi connectivity index (χ2n) is 4.48. The molecule has 0 aromatic carbocycles. The number of rotatable bonds is 4. The van der Waals surface area contributed by atoms with Crippen molar-refractivity contribution in [3.05, 3.63) is 45.0 Å². The average Bonchev–Trinajstić information content (AvgIpc) is 2.81. The lowest BCUT2D eigenvalue weighted by Crippen LogP contribution is -2.17. The third-order valence-electron chi connectivity index (χ3n) is 2.92. The van der Waals surface area contributed by atoms with Gasteiger partial charge in [-0.15, -0.1) is 23.7 Å². The topological polar surface area (TPSA) is 25.2 Å². The predicted octanol–water partition coefficient (Wildman–Crippen LogP) is 4.54. The molecule has 2 nitrogen and oxygen atoms in total. The maximum absolute atomic E-state index is 5.55. The Labute approximate surface area is 119 Å². The lowest BCUT2D eigenvalue weighted by molar-refractivity contribution is 0.490. The monoisotopic (exact) mass is 285 g/mol. The minimum absolute atomic E-state index is 0. The second kappa shape index (κ2) is 6.41. The molecule has 2 aromatic heterocycles. The first kappa shape index (κ1) is 15.3. The molecule has 0 bridgehead atoms. The lowest BCUT2D eigenvalue weighted by Gasteiger charge is -2.12. The van der Waals surface area contributed by atoms with Crippen molar-refractivity contribution < 1.29 is 4.42 Å². The van der Waals surface area contributed by atoms with E-state index in [0.29, 0.717) is 6.04 Å². The van der Waals surface area contributed by atoms with E-state index < -0.39 is 0 Å².